The summed E-state index contributed by atoms with van der Waals surface area (Å²) >= 11 is 1.84. The summed E-state index contributed by atoms with van der Waals surface area (Å²) in [6.45, 7) is 2.84. The van der Waals surface area contributed by atoms with E-state index in [2.05, 4.69) is 10.2 Å². The number of thioether (sulfide) groups is 1. The quantitative estimate of drug-likeness (QED) is 0.483. The second kappa shape index (κ2) is 9.86. The van der Waals surface area contributed by atoms with E-state index in [-0.39, 0.29) is 11.1 Å². The molecule has 3 aliphatic heterocycles. The number of hydrogen-bond donors (Lipinski definition) is 2. The van der Waals surface area contributed by atoms with Crippen LogP contribution in [0.2, 0.25) is 0 Å². The largest absolute Gasteiger partial charge is 0.490 e. The van der Waals surface area contributed by atoms with Crippen LogP contribution in [0, 0.1) is 11.3 Å². The monoisotopic (exact) mass is 529 g/mol. The smallest absolute Gasteiger partial charge is 0.475 e. The maximum atomic E-state index is 13.8. The summed E-state index contributed by atoms with van der Waals surface area (Å²) in [5.74, 6) is -0.595. The maximum Gasteiger partial charge on any atom is 0.490 e. The van der Waals surface area contributed by atoms with Crippen molar-refractivity contribution < 1.29 is 36.2 Å². The van der Waals surface area contributed by atoms with Gasteiger partial charge in [0.15, 0.2) is 0 Å². The lowest BCUT2D eigenvalue weighted by atomic mass is 9.87. The number of anilines is 1. The van der Waals surface area contributed by atoms with Crippen molar-refractivity contribution in [1.82, 2.24) is 5.32 Å². The molecule has 0 aliphatic carbocycles. The molecule has 3 heterocycles. The Morgan fingerprint density at radius 2 is 1.89 bits per heavy atom. The van der Waals surface area contributed by atoms with Gasteiger partial charge in [-0.05, 0) is 59.5 Å². The minimum Gasteiger partial charge on any atom is -0.475 e. The molecule has 2 aromatic rings. The van der Waals surface area contributed by atoms with Gasteiger partial charge in [0, 0.05) is 42.2 Å². The van der Waals surface area contributed by atoms with Gasteiger partial charge in [0.2, 0.25) is 0 Å². The topological polar surface area (TPSA) is 76.4 Å². The van der Waals surface area contributed by atoms with Crippen LogP contribution in [-0.4, -0.2) is 48.7 Å². The van der Waals surface area contributed by atoms with E-state index in [0.29, 0.717) is 17.5 Å². The number of halogens is 6. The van der Waals surface area contributed by atoms with Crippen LogP contribution >= 0.6 is 11.8 Å². The number of aliphatic carboxylic acids is 1. The molecule has 1 saturated heterocycles. The van der Waals surface area contributed by atoms with Gasteiger partial charge in [-0.25, -0.2) is 4.79 Å². The zero-order valence-electron chi connectivity index (χ0n) is 18.7. The van der Waals surface area contributed by atoms with Crippen LogP contribution in [0.3, 0.4) is 0 Å². The van der Waals surface area contributed by atoms with E-state index in [1.807, 2.05) is 30.0 Å². The number of benzene rings is 2. The highest BCUT2D eigenvalue weighted by Gasteiger charge is 2.42. The molecule has 36 heavy (non-hydrogen) atoms. The SMILES string of the molecule is N#Cc1ccc(-c2cc3c4c(c2)[C@@H]2CNCC[C@@H]2N4CCSC3)c(C(F)(F)F)c1.O=C(O)C(F)(F)F. The number of carboxylic acid groups (broad SMARTS) is 1. The Labute approximate surface area is 207 Å². The molecule has 192 valence electrons. The lowest BCUT2D eigenvalue weighted by molar-refractivity contribution is -0.192. The molecular formula is C24H21F6N3O2S. The molecule has 2 N–H and O–H groups in total. The van der Waals surface area contributed by atoms with Crippen LogP contribution in [-0.2, 0) is 16.7 Å². The predicted molar refractivity (Wildman–Crippen MR) is 123 cm³/mol. The Kier molecular flexibility index (Phi) is 7.16. The lowest BCUT2D eigenvalue weighted by Crippen LogP contribution is -2.44. The van der Waals surface area contributed by atoms with Crippen LogP contribution in [0.25, 0.3) is 11.1 Å². The lowest BCUT2D eigenvalue weighted by Gasteiger charge is -2.33. The first-order valence-corrected chi connectivity index (χ1v) is 12.2. The molecule has 2 aromatic carbocycles. The molecular weight excluding hydrogens is 508 g/mol. The summed E-state index contributed by atoms with van der Waals surface area (Å²) in [6.07, 6.45) is -8.53. The summed E-state index contributed by atoms with van der Waals surface area (Å²) in [5.41, 5.74) is 3.60. The van der Waals surface area contributed by atoms with Crippen molar-refractivity contribution in [3.8, 4) is 17.2 Å². The number of nitrogens with one attached hydrogen (secondary N) is 1. The first-order chi connectivity index (χ1) is 16.9. The molecule has 0 aromatic heterocycles. The zero-order chi connectivity index (χ0) is 26.3. The number of carbonyl (C=O) groups is 1. The van der Waals surface area contributed by atoms with Crippen molar-refractivity contribution in [3.63, 3.8) is 0 Å². The molecule has 0 unspecified atom stereocenters. The average Bonchev–Trinajstić information content (AvgIpc) is 2.98. The van der Waals surface area contributed by atoms with Crippen LogP contribution < -0.4 is 10.2 Å². The standard InChI is InChI=1S/C22H20F3N3S.C2HF3O2/c23-22(24,25)19-7-13(10-26)1-2-16(19)14-8-15-12-29-6-5-28-20-3-4-27-11-18(20)17(9-14)21(15)28;3-2(4,5)1(6)7/h1-2,7-9,18,20,27H,3-6,11-12H2;(H,6,7)/t18-,20-;/m0./s1. The Hall–Kier alpha value is -2.91. The van der Waals surface area contributed by atoms with E-state index in [9.17, 15) is 26.3 Å². The minimum absolute atomic E-state index is 0.0265. The molecule has 0 spiro atoms. The third-order valence-corrected chi connectivity index (χ3v) is 7.48. The van der Waals surface area contributed by atoms with E-state index in [1.54, 1.807) is 0 Å². The normalized spacial score (nSPS) is 20.9. The van der Waals surface area contributed by atoms with Gasteiger partial charge in [0.1, 0.15) is 0 Å². The maximum absolute atomic E-state index is 13.8. The highest BCUT2D eigenvalue weighted by molar-refractivity contribution is 7.98. The van der Waals surface area contributed by atoms with E-state index >= 15 is 0 Å². The summed E-state index contributed by atoms with van der Waals surface area (Å²) in [7, 11) is 0. The number of piperidine rings is 1. The molecule has 0 radical (unpaired) electrons. The number of hydrogen-bond acceptors (Lipinski definition) is 5. The molecule has 0 amide bonds. The molecule has 1 fully saturated rings. The van der Waals surface area contributed by atoms with Crippen molar-refractivity contribution in [3.05, 3.63) is 52.6 Å². The van der Waals surface area contributed by atoms with Crippen molar-refractivity contribution in [2.75, 3.05) is 30.3 Å². The van der Waals surface area contributed by atoms with Gasteiger partial charge in [-0.1, -0.05) is 6.07 Å². The average molecular weight is 530 g/mol. The van der Waals surface area contributed by atoms with Crippen molar-refractivity contribution >= 4 is 23.4 Å². The first kappa shape index (κ1) is 26.2. The fraction of sp³-hybridized carbons (Fsp3) is 0.417. The van der Waals surface area contributed by atoms with Crippen LogP contribution in [0.5, 0.6) is 0 Å². The van der Waals surface area contributed by atoms with Gasteiger partial charge in [0.25, 0.3) is 0 Å². The Bertz CT molecular complexity index is 1210. The van der Waals surface area contributed by atoms with Crippen LogP contribution in [0.1, 0.15) is 34.6 Å². The molecule has 0 saturated carbocycles. The number of nitrogens with zero attached hydrogens (tertiary/aromatic N) is 2. The van der Waals surface area contributed by atoms with E-state index in [0.717, 1.165) is 49.2 Å². The number of carboxylic acids is 1. The second-order valence-corrected chi connectivity index (χ2v) is 9.76. The van der Waals surface area contributed by atoms with E-state index < -0.39 is 23.9 Å². The summed E-state index contributed by atoms with van der Waals surface area (Å²) < 4.78 is 73.1. The molecule has 2 atom stereocenters. The van der Waals surface area contributed by atoms with Crippen LogP contribution in [0.15, 0.2) is 30.3 Å². The Morgan fingerprint density at radius 1 is 1.17 bits per heavy atom. The zero-order valence-corrected chi connectivity index (χ0v) is 19.5. The Morgan fingerprint density at radius 3 is 2.53 bits per heavy atom. The minimum atomic E-state index is -5.08. The molecule has 3 aliphatic rings. The van der Waals surface area contributed by atoms with Gasteiger partial charge in [0.05, 0.1) is 17.2 Å². The number of alkyl halides is 6. The van der Waals surface area contributed by atoms with Crippen LogP contribution in [0.4, 0.5) is 32.0 Å². The predicted octanol–water partition coefficient (Wildman–Crippen LogP) is 5.39. The molecule has 5 rings (SSSR count). The third-order valence-electron chi connectivity index (χ3n) is 6.49. The highest BCUT2D eigenvalue weighted by atomic mass is 32.2. The van der Waals surface area contributed by atoms with Crippen molar-refractivity contribution in [2.24, 2.45) is 0 Å². The van der Waals surface area contributed by atoms with Crippen molar-refractivity contribution in [1.29, 1.82) is 5.26 Å². The first-order valence-electron chi connectivity index (χ1n) is 11.1. The summed E-state index contributed by atoms with van der Waals surface area (Å²) in [4.78, 5) is 11.4. The molecule has 0 bridgehead atoms. The third kappa shape index (κ3) is 5.13. The molecule has 12 heteroatoms. The fourth-order valence-electron chi connectivity index (χ4n) is 5.04. The number of fused-ring (bicyclic) bond motifs is 3. The van der Waals surface area contributed by atoms with E-state index in [1.165, 1.54) is 23.4 Å². The van der Waals surface area contributed by atoms with Crippen molar-refractivity contribution in [2.45, 2.75) is 36.5 Å². The Balaban J connectivity index is 0.000000384. The second-order valence-electron chi connectivity index (χ2n) is 8.66. The van der Waals surface area contributed by atoms with Gasteiger partial charge in [-0.15, -0.1) is 0 Å². The number of rotatable bonds is 1. The number of nitriles is 1. The fourth-order valence-corrected chi connectivity index (χ4v) is 5.95. The summed E-state index contributed by atoms with van der Waals surface area (Å²) in [6, 6.07) is 10.0. The van der Waals surface area contributed by atoms with Gasteiger partial charge in [-0.3, -0.25) is 0 Å². The van der Waals surface area contributed by atoms with E-state index in [4.69, 9.17) is 15.2 Å². The van der Waals surface area contributed by atoms with Gasteiger partial charge >= 0.3 is 18.3 Å². The van der Waals surface area contributed by atoms with Gasteiger partial charge in [-0.2, -0.15) is 43.4 Å². The van der Waals surface area contributed by atoms with Gasteiger partial charge < -0.3 is 15.3 Å². The highest BCUT2D eigenvalue weighted by Crippen LogP contribution is 2.50. The molecule has 5 nitrogen and oxygen atoms in total. The summed E-state index contributed by atoms with van der Waals surface area (Å²) in [5, 5.41) is 19.6.